The number of aromatic hydroxyl groups is 1. The van der Waals surface area contributed by atoms with Crippen molar-refractivity contribution in [2.45, 2.75) is 65.6 Å². The normalized spacial score (nSPS) is 12.5. The highest BCUT2D eigenvalue weighted by molar-refractivity contribution is 6.74. The molecule has 4 nitrogen and oxygen atoms in total. The minimum absolute atomic E-state index is 0.171. The van der Waals surface area contributed by atoms with Crippen molar-refractivity contribution in [2.75, 3.05) is 20.8 Å². The number of methoxy groups -OCH3 is 2. The number of rotatable bonds is 7. The van der Waals surface area contributed by atoms with Gasteiger partial charge in [-0.1, -0.05) is 27.7 Å². The lowest BCUT2D eigenvalue weighted by Gasteiger charge is -2.36. The van der Waals surface area contributed by atoms with Crippen molar-refractivity contribution >= 4 is 19.1 Å². The van der Waals surface area contributed by atoms with E-state index < -0.39 is 8.32 Å². The second kappa shape index (κ2) is 8.33. The Balaban J connectivity index is 2.49. The molecule has 0 spiro atoms. The van der Waals surface area contributed by atoms with Crippen molar-refractivity contribution < 1.29 is 19.0 Å². The van der Waals surface area contributed by atoms with Crippen LogP contribution < -0.4 is 9.47 Å². The molecular formula is C23H36O4Si. The summed E-state index contributed by atoms with van der Waals surface area (Å²) in [7, 11) is 1.53. The highest BCUT2D eigenvalue weighted by atomic mass is 28.4. The summed E-state index contributed by atoms with van der Waals surface area (Å²) in [4.78, 5) is 0. The maximum Gasteiger partial charge on any atom is 0.191 e. The summed E-state index contributed by atoms with van der Waals surface area (Å²) in [6, 6.07) is 4.05. The number of phenols is 1. The molecule has 5 heteroatoms. The molecule has 0 bridgehead atoms. The van der Waals surface area contributed by atoms with Crippen LogP contribution in [0.1, 0.15) is 44.4 Å². The zero-order valence-corrected chi connectivity index (χ0v) is 19.9. The molecule has 0 unspecified atom stereocenters. The average Bonchev–Trinajstić information content (AvgIpc) is 2.61. The Morgan fingerprint density at radius 3 is 2.18 bits per heavy atom. The lowest BCUT2D eigenvalue weighted by molar-refractivity contribution is 0.290. The first-order chi connectivity index (χ1) is 13.0. The Morgan fingerprint density at radius 1 is 1.04 bits per heavy atom. The minimum Gasteiger partial charge on any atom is -0.507 e. The van der Waals surface area contributed by atoms with Gasteiger partial charge < -0.3 is 19.0 Å². The van der Waals surface area contributed by atoms with E-state index in [0.717, 1.165) is 45.4 Å². The van der Waals surface area contributed by atoms with Gasteiger partial charge in [0.25, 0.3) is 0 Å². The van der Waals surface area contributed by atoms with Crippen LogP contribution in [-0.2, 0) is 17.3 Å². The molecule has 2 aromatic rings. The average molecular weight is 405 g/mol. The molecule has 156 valence electrons. The summed E-state index contributed by atoms with van der Waals surface area (Å²) in [6.07, 6.45) is 1.41. The first-order valence-electron chi connectivity index (χ1n) is 10.0. The summed E-state index contributed by atoms with van der Waals surface area (Å²) >= 11 is 0. The Kier molecular flexibility index (Phi) is 6.72. The molecule has 0 heterocycles. The van der Waals surface area contributed by atoms with E-state index in [1.807, 2.05) is 19.1 Å². The first kappa shape index (κ1) is 22.6. The summed E-state index contributed by atoms with van der Waals surface area (Å²) in [5, 5.41) is 13.1. The molecule has 0 amide bonds. The van der Waals surface area contributed by atoms with E-state index in [0.29, 0.717) is 18.8 Å². The molecule has 0 fully saturated rings. The largest absolute Gasteiger partial charge is 0.507 e. The van der Waals surface area contributed by atoms with Gasteiger partial charge in [-0.05, 0) is 61.0 Å². The molecule has 0 radical (unpaired) electrons. The molecule has 0 aliphatic carbocycles. The lowest BCUT2D eigenvalue weighted by atomic mass is 9.94. The quantitative estimate of drug-likeness (QED) is 0.575. The van der Waals surface area contributed by atoms with Gasteiger partial charge in [0.2, 0.25) is 0 Å². The smallest absolute Gasteiger partial charge is 0.191 e. The van der Waals surface area contributed by atoms with Crippen LogP contribution in [0.4, 0.5) is 0 Å². The molecule has 0 saturated carbocycles. The second-order valence-corrected chi connectivity index (χ2v) is 13.7. The number of aryl methyl sites for hydroxylation is 1. The molecule has 0 aliphatic rings. The number of benzene rings is 2. The van der Waals surface area contributed by atoms with E-state index >= 15 is 0 Å². The lowest BCUT2D eigenvalue weighted by Crippen LogP contribution is -2.41. The maximum atomic E-state index is 10.9. The van der Waals surface area contributed by atoms with Crippen LogP contribution in [0.3, 0.4) is 0 Å². The van der Waals surface area contributed by atoms with E-state index in [2.05, 4.69) is 40.8 Å². The zero-order chi connectivity index (χ0) is 21.3. The molecule has 1 N–H and O–H groups in total. The van der Waals surface area contributed by atoms with Gasteiger partial charge in [0, 0.05) is 23.1 Å². The van der Waals surface area contributed by atoms with E-state index in [4.69, 9.17) is 13.9 Å². The van der Waals surface area contributed by atoms with Crippen molar-refractivity contribution in [3.63, 3.8) is 0 Å². The van der Waals surface area contributed by atoms with Crippen molar-refractivity contribution in [3.05, 3.63) is 28.8 Å². The topological polar surface area (TPSA) is 47.9 Å². The SMILES string of the molecule is CCc1c(O)c(CCO[Si](C)(C)C(C)(C)C)cc2c(OC)c(C)c(OC)cc12. The van der Waals surface area contributed by atoms with Crippen molar-refractivity contribution in [1.82, 2.24) is 0 Å². The minimum atomic E-state index is -1.81. The number of fused-ring (bicyclic) bond motifs is 1. The van der Waals surface area contributed by atoms with Crippen LogP contribution in [0.2, 0.25) is 18.1 Å². The predicted octanol–water partition coefficient (Wildman–Crippen LogP) is 6.00. The number of hydrogen-bond acceptors (Lipinski definition) is 4. The van der Waals surface area contributed by atoms with Crippen LogP contribution >= 0.6 is 0 Å². The molecule has 28 heavy (non-hydrogen) atoms. The fourth-order valence-corrected chi connectivity index (χ4v) is 4.41. The highest BCUT2D eigenvalue weighted by Gasteiger charge is 2.37. The number of phenolic OH excluding ortho intramolecular Hbond substituents is 1. The fraction of sp³-hybridized carbons (Fsp3) is 0.565. The van der Waals surface area contributed by atoms with Gasteiger partial charge in [0.05, 0.1) is 14.2 Å². The summed E-state index contributed by atoms with van der Waals surface area (Å²) in [5.41, 5.74) is 2.80. The van der Waals surface area contributed by atoms with E-state index in [1.165, 1.54) is 0 Å². The highest BCUT2D eigenvalue weighted by Crippen LogP contribution is 2.42. The second-order valence-electron chi connectivity index (χ2n) is 8.91. The Labute approximate surface area is 170 Å². The third-order valence-corrected chi connectivity index (χ3v) is 10.7. The first-order valence-corrected chi connectivity index (χ1v) is 12.9. The summed E-state index contributed by atoms with van der Waals surface area (Å²) in [6.45, 7) is 15.9. The van der Waals surface area contributed by atoms with E-state index in [1.54, 1.807) is 14.2 Å². The molecule has 0 aliphatic heterocycles. The predicted molar refractivity (Wildman–Crippen MR) is 120 cm³/mol. The van der Waals surface area contributed by atoms with Crippen LogP contribution in [0.5, 0.6) is 17.2 Å². The maximum absolute atomic E-state index is 10.9. The van der Waals surface area contributed by atoms with Crippen molar-refractivity contribution in [1.29, 1.82) is 0 Å². The van der Waals surface area contributed by atoms with Crippen LogP contribution in [-0.4, -0.2) is 34.3 Å². The van der Waals surface area contributed by atoms with Crippen LogP contribution in [0.25, 0.3) is 10.8 Å². The number of hydrogen-bond donors (Lipinski definition) is 1. The van der Waals surface area contributed by atoms with Gasteiger partial charge in [-0.15, -0.1) is 0 Å². The molecule has 2 aromatic carbocycles. The van der Waals surface area contributed by atoms with Gasteiger partial charge in [-0.25, -0.2) is 0 Å². The number of ether oxygens (including phenoxy) is 2. The molecule has 0 atom stereocenters. The summed E-state index contributed by atoms with van der Waals surface area (Å²) < 4.78 is 17.6. The van der Waals surface area contributed by atoms with Gasteiger partial charge in [-0.3, -0.25) is 0 Å². The van der Waals surface area contributed by atoms with Gasteiger partial charge in [-0.2, -0.15) is 0 Å². The molecule has 0 saturated heterocycles. The third-order valence-electron chi connectivity index (χ3n) is 6.17. The molecule has 2 rings (SSSR count). The Hall–Kier alpha value is -1.72. The Bertz CT molecular complexity index is 850. The van der Waals surface area contributed by atoms with Gasteiger partial charge >= 0.3 is 0 Å². The fourth-order valence-electron chi connectivity index (χ4n) is 3.37. The standard InChI is InChI=1S/C23H36O4Si/c1-10-17-18-14-20(25-6)15(2)22(26-7)19(18)13-16(21(17)24)11-12-27-28(8,9)23(3,4)5/h13-14,24H,10-12H2,1-9H3. The third kappa shape index (κ3) is 4.15. The monoisotopic (exact) mass is 404 g/mol. The Morgan fingerprint density at radius 2 is 1.68 bits per heavy atom. The van der Waals surface area contributed by atoms with E-state index in [9.17, 15) is 5.11 Å². The summed E-state index contributed by atoms with van der Waals surface area (Å²) in [5.74, 6) is 1.94. The van der Waals surface area contributed by atoms with Gasteiger partial charge in [0.15, 0.2) is 8.32 Å². The van der Waals surface area contributed by atoms with Crippen molar-refractivity contribution in [2.24, 2.45) is 0 Å². The van der Waals surface area contributed by atoms with Gasteiger partial charge in [0.1, 0.15) is 17.2 Å². The molecular weight excluding hydrogens is 368 g/mol. The molecule has 0 aromatic heterocycles. The van der Waals surface area contributed by atoms with Crippen molar-refractivity contribution in [3.8, 4) is 17.2 Å². The van der Waals surface area contributed by atoms with E-state index in [-0.39, 0.29) is 5.04 Å². The van der Waals surface area contributed by atoms with Crippen LogP contribution in [0.15, 0.2) is 12.1 Å². The van der Waals surface area contributed by atoms with Crippen LogP contribution in [0, 0.1) is 6.92 Å². The zero-order valence-electron chi connectivity index (χ0n) is 18.9.